The van der Waals surface area contributed by atoms with Crippen molar-refractivity contribution in [3.8, 4) is 21.8 Å². The zero-order valence-corrected chi connectivity index (χ0v) is 18.5. The molecule has 2 aromatic heterocycles. The van der Waals surface area contributed by atoms with E-state index >= 15 is 0 Å². The standard InChI is InChI=1S/C25H26N4OS/c1-2-28-10-12-29(13-11-28)24-22-6-4-3-5-18(22)16-23(27-24)21-8-7-19(15-20(21)17-30)25-26-9-14-31-25/h3-9,14-16,30H,2,10-13,17H2,1H3. The molecule has 0 radical (unpaired) electrons. The lowest BCUT2D eigenvalue weighted by atomic mass is 9.99. The van der Waals surface area contributed by atoms with E-state index in [4.69, 9.17) is 4.98 Å². The average molecular weight is 431 g/mol. The molecule has 0 unspecified atom stereocenters. The van der Waals surface area contributed by atoms with Crippen molar-refractivity contribution >= 4 is 27.9 Å². The number of pyridine rings is 1. The second-order valence-electron chi connectivity index (χ2n) is 7.84. The van der Waals surface area contributed by atoms with Crippen LogP contribution in [0.15, 0.2) is 60.1 Å². The first-order chi connectivity index (χ1) is 15.3. The number of hydrogen-bond donors (Lipinski definition) is 1. The Hall–Kier alpha value is -2.80. The highest BCUT2D eigenvalue weighted by atomic mass is 32.1. The summed E-state index contributed by atoms with van der Waals surface area (Å²) in [6.07, 6.45) is 1.81. The minimum atomic E-state index is -0.0342. The maximum absolute atomic E-state index is 10.1. The van der Waals surface area contributed by atoms with Crippen molar-refractivity contribution in [2.24, 2.45) is 0 Å². The summed E-state index contributed by atoms with van der Waals surface area (Å²) in [5, 5.41) is 15.4. The number of aliphatic hydroxyl groups excluding tert-OH is 1. The molecule has 1 aliphatic heterocycles. The SMILES string of the molecule is CCN1CCN(c2nc(-c3ccc(-c4nccs4)cc3CO)cc3ccccc23)CC1. The van der Waals surface area contributed by atoms with Crippen molar-refractivity contribution in [1.82, 2.24) is 14.9 Å². The maximum atomic E-state index is 10.1. The molecule has 0 aliphatic carbocycles. The van der Waals surface area contributed by atoms with Gasteiger partial charge in [-0.1, -0.05) is 43.3 Å². The molecule has 1 N–H and O–H groups in total. The fourth-order valence-corrected chi connectivity index (χ4v) is 4.94. The number of hydrogen-bond acceptors (Lipinski definition) is 6. The third-order valence-corrected chi connectivity index (χ3v) is 6.89. The van der Waals surface area contributed by atoms with Crippen molar-refractivity contribution in [1.29, 1.82) is 0 Å². The second-order valence-corrected chi connectivity index (χ2v) is 8.74. The number of likely N-dealkylation sites (N-methyl/N-ethyl adjacent to an activating group) is 1. The molecular weight excluding hydrogens is 404 g/mol. The smallest absolute Gasteiger partial charge is 0.137 e. The number of anilines is 1. The second kappa shape index (κ2) is 8.75. The van der Waals surface area contributed by atoms with E-state index in [0.29, 0.717) is 0 Å². The maximum Gasteiger partial charge on any atom is 0.137 e. The van der Waals surface area contributed by atoms with Crippen LogP contribution in [-0.2, 0) is 6.61 Å². The van der Waals surface area contributed by atoms with E-state index in [1.54, 1.807) is 11.3 Å². The highest BCUT2D eigenvalue weighted by Gasteiger charge is 2.20. The molecule has 0 saturated carbocycles. The molecule has 1 fully saturated rings. The van der Waals surface area contributed by atoms with Crippen molar-refractivity contribution in [2.75, 3.05) is 37.6 Å². The van der Waals surface area contributed by atoms with Crippen molar-refractivity contribution in [3.63, 3.8) is 0 Å². The van der Waals surface area contributed by atoms with E-state index in [0.717, 1.165) is 65.9 Å². The van der Waals surface area contributed by atoms with E-state index in [1.807, 2.05) is 17.6 Å². The van der Waals surface area contributed by atoms with Crippen LogP contribution < -0.4 is 4.90 Å². The van der Waals surface area contributed by atoms with Gasteiger partial charge in [-0.3, -0.25) is 0 Å². The summed E-state index contributed by atoms with van der Waals surface area (Å²) in [5.41, 5.74) is 3.78. The Bertz CT molecular complexity index is 1180. The molecule has 0 spiro atoms. The zero-order valence-electron chi connectivity index (χ0n) is 17.7. The molecule has 1 aliphatic rings. The first kappa shape index (κ1) is 20.1. The monoisotopic (exact) mass is 430 g/mol. The van der Waals surface area contributed by atoms with Crippen molar-refractivity contribution in [2.45, 2.75) is 13.5 Å². The molecule has 3 heterocycles. The van der Waals surface area contributed by atoms with E-state index in [2.05, 4.69) is 64.2 Å². The van der Waals surface area contributed by atoms with Crippen LogP contribution in [0.5, 0.6) is 0 Å². The molecule has 0 amide bonds. The summed E-state index contributed by atoms with van der Waals surface area (Å²) in [4.78, 5) is 14.4. The largest absolute Gasteiger partial charge is 0.392 e. The Morgan fingerprint density at radius 2 is 1.87 bits per heavy atom. The Labute approximate surface area is 186 Å². The van der Waals surface area contributed by atoms with E-state index in [1.165, 1.54) is 10.8 Å². The quantitative estimate of drug-likeness (QED) is 0.499. The number of aromatic nitrogens is 2. The van der Waals surface area contributed by atoms with Crippen LogP contribution in [0.2, 0.25) is 0 Å². The number of aliphatic hydroxyl groups is 1. The lowest BCUT2D eigenvalue weighted by Gasteiger charge is -2.35. The zero-order chi connectivity index (χ0) is 21.2. The summed E-state index contributed by atoms with van der Waals surface area (Å²) in [5.74, 6) is 1.04. The van der Waals surface area contributed by atoms with Crippen LogP contribution in [-0.4, -0.2) is 52.7 Å². The van der Waals surface area contributed by atoms with Gasteiger partial charge in [-0.2, -0.15) is 0 Å². The van der Waals surface area contributed by atoms with Crippen LogP contribution in [0.4, 0.5) is 5.82 Å². The number of benzene rings is 2. The lowest BCUT2D eigenvalue weighted by Crippen LogP contribution is -2.46. The lowest BCUT2D eigenvalue weighted by molar-refractivity contribution is 0.271. The van der Waals surface area contributed by atoms with Crippen molar-refractivity contribution < 1.29 is 5.11 Å². The summed E-state index contributed by atoms with van der Waals surface area (Å²) < 4.78 is 0. The molecule has 0 atom stereocenters. The van der Waals surface area contributed by atoms with Gasteiger partial charge in [-0.15, -0.1) is 11.3 Å². The number of fused-ring (bicyclic) bond motifs is 1. The van der Waals surface area contributed by atoms with Gasteiger partial charge in [0.25, 0.3) is 0 Å². The fourth-order valence-electron chi connectivity index (χ4n) is 4.31. The first-order valence-corrected chi connectivity index (χ1v) is 11.7. The molecule has 1 saturated heterocycles. The van der Waals surface area contributed by atoms with Crippen LogP contribution >= 0.6 is 11.3 Å². The number of nitrogens with zero attached hydrogens (tertiary/aromatic N) is 4. The van der Waals surface area contributed by atoms with Gasteiger partial charge in [-0.05, 0) is 29.6 Å². The molecule has 0 bridgehead atoms. The van der Waals surface area contributed by atoms with Crippen LogP contribution in [0.3, 0.4) is 0 Å². The van der Waals surface area contributed by atoms with E-state index < -0.39 is 0 Å². The Morgan fingerprint density at radius 1 is 1.03 bits per heavy atom. The van der Waals surface area contributed by atoms with Gasteiger partial charge in [0.15, 0.2) is 0 Å². The molecular formula is C25H26N4OS. The molecule has 5 rings (SSSR count). The third kappa shape index (κ3) is 3.94. The molecule has 6 heteroatoms. The van der Waals surface area contributed by atoms with E-state index in [9.17, 15) is 5.11 Å². The predicted molar refractivity (Wildman–Crippen MR) is 129 cm³/mol. The number of rotatable bonds is 5. The summed E-state index contributed by atoms with van der Waals surface area (Å²) >= 11 is 1.60. The van der Waals surface area contributed by atoms with Crippen LogP contribution in [0.25, 0.3) is 32.6 Å². The highest BCUT2D eigenvalue weighted by Crippen LogP contribution is 2.34. The fraction of sp³-hybridized carbons (Fsp3) is 0.280. The molecule has 5 nitrogen and oxygen atoms in total. The number of piperazine rings is 1. The van der Waals surface area contributed by atoms with Gasteiger partial charge < -0.3 is 14.9 Å². The summed E-state index contributed by atoms with van der Waals surface area (Å²) in [6, 6.07) is 16.8. The molecule has 158 valence electrons. The molecule has 4 aromatic rings. The van der Waals surface area contributed by atoms with Gasteiger partial charge in [0.05, 0.1) is 12.3 Å². The Kier molecular flexibility index (Phi) is 5.68. The van der Waals surface area contributed by atoms with Gasteiger partial charge in [0.2, 0.25) is 0 Å². The van der Waals surface area contributed by atoms with Crippen molar-refractivity contribution in [3.05, 3.63) is 65.7 Å². The highest BCUT2D eigenvalue weighted by molar-refractivity contribution is 7.13. The van der Waals surface area contributed by atoms with Gasteiger partial charge in [0, 0.05) is 54.3 Å². The average Bonchev–Trinajstić information content (AvgIpc) is 3.38. The van der Waals surface area contributed by atoms with E-state index in [-0.39, 0.29) is 6.61 Å². The topological polar surface area (TPSA) is 52.5 Å². The normalized spacial score (nSPS) is 15.0. The number of thiazole rings is 1. The minimum absolute atomic E-state index is 0.0342. The predicted octanol–water partition coefficient (Wildman–Crippen LogP) is 4.66. The summed E-state index contributed by atoms with van der Waals surface area (Å²) in [7, 11) is 0. The Balaban J connectivity index is 1.59. The molecule has 2 aromatic carbocycles. The van der Waals surface area contributed by atoms with Crippen LogP contribution in [0, 0.1) is 0 Å². The van der Waals surface area contributed by atoms with Crippen LogP contribution in [0.1, 0.15) is 12.5 Å². The minimum Gasteiger partial charge on any atom is -0.392 e. The van der Waals surface area contributed by atoms with Gasteiger partial charge >= 0.3 is 0 Å². The Morgan fingerprint density at radius 3 is 2.61 bits per heavy atom. The molecule has 31 heavy (non-hydrogen) atoms. The van der Waals surface area contributed by atoms with Gasteiger partial charge in [-0.25, -0.2) is 9.97 Å². The van der Waals surface area contributed by atoms with Gasteiger partial charge in [0.1, 0.15) is 10.8 Å². The summed E-state index contributed by atoms with van der Waals surface area (Å²) in [6.45, 7) is 7.34. The first-order valence-electron chi connectivity index (χ1n) is 10.8. The third-order valence-electron chi connectivity index (χ3n) is 6.07.